The highest BCUT2D eigenvalue weighted by atomic mass is 16.6. The Labute approximate surface area is 108 Å². The van der Waals surface area contributed by atoms with Gasteiger partial charge in [-0.05, 0) is 48.0 Å². The fraction of sp³-hybridized carbons (Fsp3) is 0.846. The number of hydrogen-bond donors (Lipinski definition) is 1. The van der Waals surface area contributed by atoms with Gasteiger partial charge in [0.1, 0.15) is 23.3 Å². The topological polar surface area (TPSA) is 64.6 Å². The van der Waals surface area contributed by atoms with Crippen LogP contribution in [0.1, 0.15) is 48.0 Å². The van der Waals surface area contributed by atoms with Crippen LogP contribution in [0, 0.1) is 0 Å². The maximum atomic E-state index is 11.7. The smallest absolute Gasteiger partial charge is 0.323 e. The molecule has 0 aromatic carbocycles. The summed E-state index contributed by atoms with van der Waals surface area (Å²) in [5.41, 5.74) is -1.01. The van der Waals surface area contributed by atoms with Crippen LogP contribution in [0.15, 0.2) is 0 Å². The molecule has 0 aromatic heterocycles. The SMILES string of the molecule is CC(C)(C)OC(=O)[C@@H]1C[C@@H](C(=O)OC(C)(C)C)N1. The fourth-order valence-corrected chi connectivity index (χ4v) is 1.53. The normalized spacial score (nSPS) is 24.1. The zero-order valence-corrected chi connectivity index (χ0v) is 12.0. The number of nitrogens with one attached hydrogen (secondary N) is 1. The summed E-state index contributed by atoms with van der Waals surface area (Å²) in [7, 11) is 0. The van der Waals surface area contributed by atoms with Crippen molar-refractivity contribution in [2.45, 2.75) is 71.2 Å². The number of esters is 2. The Bertz CT molecular complexity index is 300. The van der Waals surface area contributed by atoms with Gasteiger partial charge < -0.3 is 9.47 Å². The number of hydrogen-bond acceptors (Lipinski definition) is 5. The van der Waals surface area contributed by atoms with Gasteiger partial charge in [0.2, 0.25) is 0 Å². The van der Waals surface area contributed by atoms with E-state index in [1.807, 2.05) is 41.5 Å². The predicted octanol–water partition coefficient (Wildman–Crippen LogP) is 1.40. The van der Waals surface area contributed by atoms with E-state index >= 15 is 0 Å². The Morgan fingerprint density at radius 2 is 1.17 bits per heavy atom. The average Bonchev–Trinajstić information content (AvgIpc) is 1.91. The monoisotopic (exact) mass is 257 g/mol. The van der Waals surface area contributed by atoms with Gasteiger partial charge in [-0.15, -0.1) is 0 Å². The molecule has 104 valence electrons. The second-order valence-electron chi connectivity index (χ2n) is 6.57. The molecule has 0 unspecified atom stereocenters. The van der Waals surface area contributed by atoms with Crippen molar-refractivity contribution in [2.75, 3.05) is 0 Å². The standard InChI is InChI=1S/C13H23NO4/c1-12(2,3)17-10(15)8-7-9(14-8)11(16)18-13(4,5)6/h8-9,14H,7H2,1-6H3/t8-,9-/m0/s1. The summed E-state index contributed by atoms with van der Waals surface area (Å²) in [5.74, 6) is -0.635. The first-order chi connectivity index (χ1) is 7.98. The van der Waals surface area contributed by atoms with Crippen LogP contribution in [0.25, 0.3) is 0 Å². The summed E-state index contributed by atoms with van der Waals surface area (Å²) >= 11 is 0. The minimum absolute atomic E-state index is 0.317. The van der Waals surface area contributed by atoms with E-state index in [-0.39, 0.29) is 11.9 Å². The first kappa shape index (κ1) is 15.0. The molecule has 1 N–H and O–H groups in total. The quantitative estimate of drug-likeness (QED) is 0.758. The molecular formula is C13H23NO4. The lowest BCUT2D eigenvalue weighted by atomic mass is 9.96. The largest absolute Gasteiger partial charge is 0.459 e. The third-order valence-corrected chi connectivity index (χ3v) is 2.26. The Kier molecular flexibility index (Phi) is 4.05. The Balaban J connectivity index is 2.36. The zero-order valence-electron chi connectivity index (χ0n) is 12.0. The zero-order chi connectivity index (χ0) is 14.1. The summed E-state index contributed by atoms with van der Waals surface area (Å²) in [6, 6.07) is -0.802. The molecule has 1 fully saturated rings. The molecule has 0 aromatic rings. The van der Waals surface area contributed by atoms with E-state index in [1.165, 1.54) is 0 Å². The van der Waals surface area contributed by atoms with Crippen LogP contribution in [-0.2, 0) is 19.1 Å². The van der Waals surface area contributed by atoms with E-state index in [0.717, 1.165) is 0 Å². The van der Waals surface area contributed by atoms with Crippen molar-refractivity contribution >= 4 is 11.9 Å². The van der Waals surface area contributed by atoms with Crippen LogP contribution in [0.4, 0.5) is 0 Å². The minimum Gasteiger partial charge on any atom is -0.459 e. The highest BCUT2D eigenvalue weighted by molar-refractivity contribution is 5.84. The lowest BCUT2D eigenvalue weighted by molar-refractivity contribution is -0.167. The van der Waals surface area contributed by atoms with E-state index in [4.69, 9.17) is 9.47 Å². The van der Waals surface area contributed by atoms with Crippen LogP contribution >= 0.6 is 0 Å². The summed E-state index contributed by atoms with van der Waals surface area (Å²) in [6.07, 6.45) is 0.434. The average molecular weight is 257 g/mol. The van der Waals surface area contributed by atoms with Gasteiger partial charge in [0.25, 0.3) is 0 Å². The number of carbonyl (C=O) groups excluding carboxylic acids is 2. The summed E-state index contributed by atoms with van der Waals surface area (Å²) in [4.78, 5) is 23.3. The predicted molar refractivity (Wildman–Crippen MR) is 67.0 cm³/mol. The van der Waals surface area contributed by atoms with Crippen LogP contribution in [0.2, 0.25) is 0 Å². The highest BCUT2D eigenvalue weighted by Gasteiger charge is 2.42. The molecule has 5 heteroatoms. The number of ether oxygens (including phenoxy) is 2. The summed E-state index contributed by atoms with van der Waals surface area (Å²) in [5, 5.41) is 2.88. The summed E-state index contributed by atoms with van der Waals surface area (Å²) < 4.78 is 10.4. The molecule has 0 bridgehead atoms. The van der Waals surface area contributed by atoms with Gasteiger partial charge in [0.15, 0.2) is 0 Å². The molecule has 1 aliphatic rings. The van der Waals surface area contributed by atoms with E-state index in [9.17, 15) is 9.59 Å². The van der Waals surface area contributed by atoms with Crippen molar-refractivity contribution in [2.24, 2.45) is 0 Å². The summed E-state index contributed by atoms with van der Waals surface area (Å²) in [6.45, 7) is 10.9. The third kappa shape index (κ3) is 4.64. The molecule has 2 atom stereocenters. The van der Waals surface area contributed by atoms with E-state index in [1.54, 1.807) is 0 Å². The lowest BCUT2D eigenvalue weighted by Crippen LogP contribution is -2.61. The molecule has 5 nitrogen and oxygen atoms in total. The van der Waals surface area contributed by atoms with Crippen molar-refractivity contribution in [3.8, 4) is 0 Å². The van der Waals surface area contributed by atoms with Gasteiger partial charge in [0, 0.05) is 0 Å². The first-order valence-electron chi connectivity index (χ1n) is 6.20. The van der Waals surface area contributed by atoms with Gasteiger partial charge in [-0.1, -0.05) is 0 Å². The molecule has 0 spiro atoms. The van der Waals surface area contributed by atoms with Crippen molar-refractivity contribution in [3.05, 3.63) is 0 Å². The van der Waals surface area contributed by atoms with Crippen LogP contribution in [0.3, 0.4) is 0 Å². The second kappa shape index (κ2) is 4.88. The van der Waals surface area contributed by atoms with Gasteiger partial charge >= 0.3 is 11.9 Å². The minimum atomic E-state index is -0.504. The molecule has 0 saturated carbocycles. The molecule has 1 heterocycles. The molecule has 1 aliphatic heterocycles. The first-order valence-corrected chi connectivity index (χ1v) is 6.20. The molecule has 0 radical (unpaired) electrons. The van der Waals surface area contributed by atoms with Crippen molar-refractivity contribution < 1.29 is 19.1 Å². The second-order valence-corrected chi connectivity index (χ2v) is 6.57. The molecular weight excluding hydrogens is 234 g/mol. The number of carbonyl (C=O) groups is 2. The highest BCUT2D eigenvalue weighted by Crippen LogP contribution is 2.20. The molecule has 1 saturated heterocycles. The third-order valence-electron chi connectivity index (χ3n) is 2.26. The van der Waals surface area contributed by atoms with E-state index in [0.29, 0.717) is 6.42 Å². The van der Waals surface area contributed by atoms with Gasteiger partial charge in [-0.3, -0.25) is 14.9 Å². The lowest BCUT2D eigenvalue weighted by Gasteiger charge is -2.36. The van der Waals surface area contributed by atoms with E-state index in [2.05, 4.69) is 5.32 Å². The number of rotatable bonds is 2. The Hall–Kier alpha value is -1.10. The van der Waals surface area contributed by atoms with Crippen molar-refractivity contribution in [3.63, 3.8) is 0 Å². The maximum Gasteiger partial charge on any atom is 0.323 e. The van der Waals surface area contributed by atoms with Crippen molar-refractivity contribution in [1.82, 2.24) is 5.32 Å². The Morgan fingerprint density at radius 1 is 0.889 bits per heavy atom. The molecule has 0 aliphatic carbocycles. The van der Waals surface area contributed by atoms with E-state index < -0.39 is 23.3 Å². The van der Waals surface area contributed by atoms with Crippen LogP contribution < -0.4 is 5.32 Å². The molecule has 1 rings (SSSR count). The Morgan fingerprint density at radius 3 is 1.39 bits per heavy atom. The molecule has 0 amide bonds. The van der Waals surface area contributed by atoms with Crippen LogP contribution in [-0.4, -0.2) is 35.2 Å². The van der Waals surface area contributed by atoms with Crippen LogP contribution in [0.5, 0.6) is 0 Å². The van der Waals surface area contributed by atoms with Gasteiger partial charge in [-0.25, -0.2) is 0 Å². The van der Waals surface area contributed by atoms with Gasteiger partial charge in [0.05, 0.1) is 0 Å². The maximum absolute atomic E-state index is 11.7. The van der Waals surface area contributed by atoms with Crippen molar-refractivity contribution in [1.29, 1.82) is 0 Å². The molecule has 18 heavy (non-hydrogen) atoms. The van der Waals surface area contributed by atoms with Gasteiger partial charge in [-0.2, -0.15) is 0 Å². The fourth-order valence-electron chi connectivity index (χ4n) is 1.53.